The fraction of sp³-hybridized carbons (Fsp3) is 0.500. The van der Waals surface area contributed by atoms with E-state index in [9.17, 15) is 9.50 Å². The molecule has 1 aromatic rings. The molecule has 16 heavy (non-hydrogen) atoms. The minimum absolute atomic E-state index is 0.330. The predicted octanol–water partition coefficient (Wildman–Crippen LogP) is 3.05. The number of anilines is 1. The van der Waals surface area contributed by atoms with Crippen molar-refractivity contribution in [3.8, 4) is 0 Å². The number of hydrogen-bond donors (Lipinski definition) is 2. The van der Waals surface area contributed by atoms with Crippen LogP contribution >= 0.6 is 11.8 Å². The van der Waals surface area contributed by atoms with Gasteiger partial charge in [-0.1, -0.05) is 13.8 Å². The molecule has 0 heterocycles. The van der Waals surface area contributed by atoms with Crippen molar-refractivity contribution in [2.75, 3.05) is 11.5 Å². The predicted molar refractivity (Wildman–Crippen MR) is 67.1 cm³/mol. The zero-order valence-electron chi connectivity index (χ0n) is 9.66. The van der Waals surface area contributed by atoms with Gasteiger partial charge in [-0.25, -0.2) is 4.39 Å². The van der Waals surface area contributed by atoms with E-state index < -0.39 is 5.60 Å². The molecule has 0 amide bonds. The van der Waals surface area contributed by atoms with E-state index in [4.69, 9.17) is 5.73 Å². The van der Waals surface area contributed by atoms with Crippen molar-refractivity contribution in [3.05, 3.63) is 24.0 Å². The summed E-state index contributed by atoms with van der Waals surface area (Å²) in [6.45, 7) is 3.91. The van der Waals surface area contributed by atoms with Crippen LogP contribution < -0.4 is 5.73 Å². The molecule has 1 aromatic carbocycles. The first kappa shape index (κ1) is 13.3. The Morgan fingerprint density at radius 3 is 2.50 bits per heavy atom. The Hall–Kier alpha value is -0.740. The lowest BCUT2D eigenvalue weighted by atomic mass is 10.0. The van der Waals surface area contributed by atoms with Gasteiger partial charge in [0.1, 0.15) is 5.82 Å². The van der Waals surface area contributed by atoms with Crippen LogP contribution in [0.15, 0.2) is 23.1 Å². The van der Waals surface area contributed by atoms with Gasteiger partial charge in [0.25, 0.3) is 0 Å². The highest BCUT2D eigenvalue weighted by atomic mass is 32.2. The number of thioether (sulfide) groups is 1. The van der Waals surface area contributed by atoms with Gasteiger partial charge in [0.15, 0.2) is 0 Å². The Morgan fingerprint density at radius 2 is 2.00 bits per heavy atom. The Morgan fingerprint density at radius 1 is 1.38 bits per heavy atom. The third-order valence-corrected chi connectivity index (χ3v) is 4.15. The Labute approximate surface area is 100 Å². The lowest BCUT2D eigenvalue weighted by molar-refractivity contribution is 0.0572. The molecule has 0 atom stereocenters. The van der Waals surface area contributed by atoms with Crippen LogP contribution in [-0.2, 0) is 0 Å². The number of benzene rings is 1. The lowest BCUT2D eigenvalue weighted by Crippen LogP contribution is -2.29. The summed E-state index contributed by atoms with van der Waals surface area (Å²) in [4.78, 5) is 0.821. The molecule has 0 aliphatic rings. The summed E-state index contributed by atoms with van der Waals surface area (Å²) in [5.41, 5.74) is 5.46. The van der Waals surface area contributed by atoms with Crippen molar-refractivity contribution in [2.45, 2.75) is 37.2 Å². The fourth-order valence-electron chi connectivity index (χ4n) is 1.32. The largest absolute Gasteiger partial charge is 0.398 e. The molecule has 0 bridgehead atoms. The minimum Gasteiger partial charge on any atom is -0.398 e. The van der Waals surface area contributed by atoms with Crippen molar-refractivity contribution in [2.24, 2.45) is 0 Å². The maximum Gasteiger partial charge on any atom is 0.125 e. The molecule has 3 N–H and O–H groups in total. The van der Waals surface area contributed by atoms with Gasteiger partial charge >= 0.3 is 0 Å². The van der Waals surface area contributed by atoms with Gasteiger partial charge in [-0.05, 0) is 31.0 Å². The summed E-state index contributed by atoms with van der Waals surface area (Å²) in [6.07, 6.45) is 1.41. The second-order valence-electron chi connectivity index (χ2n) is 3.90. The van der Waals surface area contributed by atoms with Gasteiger partial charge in [0.05, 0.1) is 5.60 Å². The van der Waals surface area contributed by atoms with Crippen LogP contribution in [0.5, 0.6) is 0 Å². The van der Waals surface area contributed by atoms with Crippen molar-refractivity contribution in [1.82, 2.24) is 0 Å². The molecule has 0 saturated heterocycles. The molecular weight excluding hydrogens is 225 g/mol. The zero-order chi connectivity index (χ0) is 12.2. The van der Waals surface area contributed by atoms with E-state index in [1.165, 1.54) is 23.9 Å². The standard InChI is InChI=1S/C12H18FNOS/c1-3-12(15,4-2)8-16-11-6-5-9(13)7-10(11)14/h5-7,15H,3-4,8,14H2,1-2H3. The maximum absolute atomic E-state index is 12.8. The average Bonchev–Trinajstić information content (AvgIpc) is 2.27. The Kier molecular flexibility index (Phi) is 4.62. The molecule has 0 unspecified atom stereocenters. The Bertz CT molecular complexity index is 353. The molecule has 4 heteroatoms. The van der Waals surface area contributed by atoms with Crippen LogP contribution in [0, 0.1) is 5.82 Å². The summed E-state index contributed by atoms with van der Waals surface area (Å²) in [6, 6.07) is 4.34. The molecule has 0 radical (unpaired) electrons. The summed E-state index contributed by atoms with van der Waals surface area (Å²) in [5.74, 6) is 0.249. The van der Waals surface area contributed by atoms with Gasteiger partial charge in [-0.3, -0.25) is 0 Å². The van der Waals surface area contributed by atoms with E-state index in [2.05, 4.69) is 0 Å². The third kappa shape index (κ3) is 3.39. The van der Waals surface area contributed by atoms with Gasteiger partial charge in [0, 0.05) is 16.3 Å². The molecule has 90 valence electrons. The van der Waals surface area contributed by atoms with Gasteiger partial charge < -0.3 is 10.8 Å². The maximum atomic E-state index is 12.8. The summed E-state index contributed by atoms with van der Waals surface area (Å²) < 4.78 is 12.8. The zero-order valence-corrected chi connectivity index (χ0v) is 10.5. The highest BCUT2D eigenvalue weighted by Gasteiger charge is 2.22. The van der Waals surface area contributed by atoms with E-state index in [1.54, 1.807) is 6.07 Å². The number of hydrogen-bond acceptors (Lipinski definition) is 3. The average molecular weight is 243 g/mol. The summed E-state index contributed by atoms with van der Waals surface area (Å²) in [7, 11) is 0. The van der Waals surface area contributed by atoms with Gasteiger partial charge in [0.2, 0.25) is 0 Å². The summed E-state index contributed by atoms with van der Waals surface area (Å²) in [5, 5.41) is 10.1. The van der Waals surface area contributed by atoms with Crippen LogP contribution in [0.4, 0.5) is 10.1 Å². The number of nitrogens with two attached hydrogens (primary N) is 1. The second kappa shape index (κ2) is 5.55. The van der Waals surface area contributed by atoms with E-state index in [-0.39, 0.29) is 5.82 Å². The first-order valence-electron chi connectivity index (χ1n) is 5.41. The number of nitrogen functional groups attached to an aromatic ring is 1. The number of aliphatic hydroxyl groups is 1. The third-order valence-electron chi connectivity index (χ3n) is 2.78. The molecule has 2 nitrogen and oxygen atoms in total. The topological polar surface area (TPSA) is 46.2 Å². The van der Waals surface area contributed by atoms with Crippen molar-refractivity contribution >= 4 is 17.4 Å². The number of rotatable bonds is 5. The van der Waals surface area contributed by atoms with E-state index in [0.29, 0.717) is 24.3 Å². The van der Waals surface area contributed by atoms with Crippen LogP contribution in [0.2, 0.25) is 0 Å². The molecule has 0 saturated carbocycles. The van der Waals surface area contributed by atoms with E-state index >= 15 is 0 Å². The van der Waals surface area contributed by atoms with Gasteiger partial charge in [-0.15, -0.1) is 11.8 Å². The second-order valence-corrected chi connectivity index (χ2v) is 4.92. The molecular formula is C12H18FNOS. The minimum atomic E-state index is -0.661. The molecule has 0 aliphatic heterocycles. The monoisotopic (exact) mass is 243 g/mol. The Balaban J connectivity index is 2.67. The molecule has 0 spiro atoms. The lowest BCUT2D eigenvalue weighted by Gasteiger charge is -2.24. The highest BCUT2D eigenvalue weighted by molar-refractivity contribution is 7.99. The van der Waals surface area contributed by atoms with Crippen molar-refractivity contribution in [1.29, 1.82) is 0 Å². The first-order valence-corrected chi connectivity index (χ1v) is 6.39. The van der Waals surface area contributed by atoms with E-state index in [0.717, 1.165) is 4.90 Å². The molecule has 1 rings (SSSR count). The SMILES string of the molecule is CCC(O)(CC)CSc1ccc(F)cc1N. The van der Waals surface area contributed by atoms with Crippen LogP contribution in [0.25, 0.3) is 0 Å². The van der Waals surface area contributed by atoms with Crippen molar-refractivity contribution in [3.63, 3.8) is 0 Å². The normalized spacial score (nSPS) is 11.8. The van der Waals surface area contributed by atoms with Crippen molar-refractivity contribution < 1.29 is 9.50 Å². The van der Waals surface area contributed by atoms with Crippen LogP contribution in [0.1, 0.15) is 26.7 Å². The summed E-state index contributed by atoms with van der Waals surface area (Å²) >= 11 is 1.47. The van der Waals surface area contributed by atoms with Crippen LogP contribution in [0.3, 0.4) is 0 Å². The molecule has 0 fully saturated rings. The fourth-order valence-corrected chi connectivity index (χ4v) is 2.54. The van der Waals surface area contributed by atoms with Crippen LogP contribution in [-0.4, -0.2) is 16.5 Å². The smallest absolute Gasteiger partial charge is 0.125 e. The quantitative estimate of drug-likeness (QED) is 0.617. The molecule has 0 aliphatic carbocycles. The van der Waals surface area contributed by atoms with Gasteiger partial charge in [-0.2, -0.15) is 0 Å². The van der Waals surface area contributed by atoms with E-state index in [1.807, 2.05) is 13.8 Å². The molecule has 0 aromatic heterocycles. The highest BCUT2D eigenvalue weighted by Crippen LogP contribution is 2.30. The first-order chi connectivity index (χ1) is 7.50. The number of halogens is 1.